The van der Waals surface area contributed by atoms with Crippen molar-refractivity contribution in [2.75, 3.05) is 5.32 Å². The van der Waals surface area contributed by atoms with Gasteiger partial charge in [0.2, 0.25) is 0 Å². The van der Waals surface area contributed by atoms with E-state index < -0.39 is 0 Å². The van der Waals surface area contributed by atoms with Crippen molar-refractivity contribution in [2.24, 2.45) is 0 Å². The Labute approximate surface area is 139 Å². The minimum absolute atomic E-state index is 0.0590. The van der Waals surface area contributed by atoms with Crippen molar-refractivity contribution in [1.82, 2.24) is 0 Å². The lowest BCUT2D eigenvalue weighted by atomic mass is 10.1. The molecule has 0 fully saturated rings. The van der Waals surface area contributed by atoms with Crippen molar-refractivity contribution >= 4 is 60.7 Å². The largest absolute Gasteiger partial charge is 0.378 e. The van der Waals surface area contributed by atoms with Crippen molar-refractivity contribution < 1.29 is 0 Å². The van der Waals surface area contributed by atoms with Crippen LogP contribution >= 0.6 is 55.1 Å². The molecule has 1 nitrogen and oxygen atoms in total. The Morgan fingerprint density at radius 2 is 1.79 bits per heavy atom. The van der Waals surface area contributed by atoms with Crippen molar-refractivity contribution in [3.05, 3.63) is 61.0 Å². The summed E-state index contributed by atoms with van der Waals surface area (Å²) in [6.07, 6.45) is 0. The second-order valence-electron chi connectivity index (χ2n) is 4.16. The van der Waals surface area contributed by atoms with Gasteiger partial charge in [-0.2, -0.15) is 0 Å². The van der Waals surface area contributed by atoms with Crippen molar-refractivity contribution in [3.63, 3.8) is 0 Å². The maximum Gasteiger partial charge on any atom is 0.0501 e. The topological polar surface area (TPSA) is 12.0 Å². The molecule has 0 saturated heterocycles. The van der Waals surface area contributed by atoms with Gasteiger partial charge in [-0.25, -0.2) is 0 Å². The third kappa shape index (κ3) is 3.88. The summed E-state index contributed by atoms with van der Waals surface area (Å²) in [5.74, 6) is 0. The SMILES string of the molecule is CC(Nc1ccc(Br)cc1Br)c1cc(Cl)ccc1Cl. The molecular formula is C14H11Br2Cl2N. The van der Waals surface area contributed by atoms with Gasteiger partial charge in [0.15, 0.2) is 0 Å². The summed E-state index contributed by atoms with van der Waals surface area (Å²) in [7, 11) is 0. The molecule has 1 atom stereocenters. The lowest BCUT2D eigenvalue weighted by Gasteiger charge is -2.18. The summed E-state index contributed by atoms with van der Waals surface area (Å²) >= 11 is 19.2. The first kappa shape index (κ1) is 15.2. The Bertz CT molecular complexity index is 602. The van der Waals surface area contributed by atoms with Crippen LogP contribution in [0.2, 0.25) is 10.0 Å². The van der Waals surface area contributed by atoms with Crippen LogP contribution in [0.25, 0.3) is 0 Å². The van der Waals surface area contributed by atoms with E-state index in [0.29, 0.717) is 10.0 Å². The highest BCUT2D eigenvalue weighted by Gasteiger charge is 2.11. The maximum absolute atomic E-state index is 6.20. The molecule has 0 heterocycles. The van der Waals surface area contributed by atoms with Gasteiger partial charge in [0.25, 0.3) is 0 Å². The van der Waals surface area contributed by atoms with Gasteiger partial charge in [-0.15, -0.1) is 0 Å². The van der Waals surface area contributed by atoms with Crippen LogP contribution in [0.1, 0.15) is 18.5 Å². The van der Waals surface area contributed by atoms with E-state index in [1.165, 1.54) is 0 Å². The summed E-state index contributed by atoms with van der Waals surface area (Å²) in [4.78, 5) is 0. The van der Waals surface area contributed by atoms with E-state index in [0.717, 1.165) is 20.2 Å². The first-order chi connectivity index (χ1) is 8.97. The summed E-state index contributed by atoms with van der Waals surface area (Å²) in [5, 5.41) is 4.80. The third-order valence-electron chi connectivity index (χ3n) is 2.73. The predicted octanol–water partition coefficient (Wildman–Crippen LogP) is 6.69. The molecule has 0 amide bonds. The van der Waals surface area contributed by atoms with E-state index in [9.17, 15) is 0 Å². The Morgan fingerprint density at radius 1 is 1.05 bits per heavy atom. The van der Waals surface area contributed by atoms with E-state index in [-0.39, 0.29) is 6.04 Å². The number of nitrogens with one attached hydrogen (secondary N) is 1. The smallest absolute Gasteiger partial charge is 0.0501 e. The molecule has 0 aliphatic carbocycles. The molecule has 0 aromatic heterocycles. The van der Waals surface area contributed by atoms with Crippen LogP contribution in [-0.2, 0) is 0 Å². The lowest BCUT2D eigenvalue weighted by molar-refractivity contribution is 0.884. The average molecular weight is 424 g/mol. The molecule has 1 unspecified atom stereocenters. The quantitative estimate of drug-likeness (QED) is 0.579. The van der Waals surface area contributed by atoms with Gasteiger partial charge in [0.1, 0.15) is 0 Å². The highest BCUT2D eigenvalue weighted by molar-refractivity contribution is 9.11. The summed E-state index contributed by atoms with van der Waals surface area (Å²) < 4.78 is 2.02. The zero-order valence-corrected chi connectivity index (χ0v) is 14.7. The Morgan fingerprint density at radius 3 is 2.47 bits per heavy atom. The van der Waals surface area contributed by atoms with Crippen LogP contribution in [0.3, 0.4) is 0 Å². The molecule has 19 heavy (non-hydrogen) atoms. The minimum atomic E-state index is 0.0590. The van der Waals surface area contributed by atoms with E-state index in [1.54, 1.807) is 6.07 Å². The molecule has 0 spiro atoms. The van der Waals surface area contributed by atoms with Gasteiger partial charge in [0.05, 0.1) is 6.04 Å². The Hall–Kier alpha value is -0.220. The van der Waals surface area contributed by atoms with Gasteiger partial charge in [-0.1, -0.05) is 39.1 Å². The van der Waals surface area contributed by atoms with Crippen molar-refractivity contribution in [3.8, 4) is 0 Å². The van der Waals surface area contributed by atoms with E-state index in [4.69, 9.17) is 23.2 Å². The number of hydrogen-bond acceptors (Lipinski definition) is 1. The first-order valence-corrected chi connectivity index (χ1v) is 7.98. The van der Waals surface area contributed by atoms with Crippen LogP contribution in [0.5, 0.6) is 0 Å². The minimum Gasteiger partial charge on any atom is -0.378 e. The number of anilines is 1. The van der Waals surface area contributed by atoms with Gasteiger partial charge < -0.3 is 5.32 Å². The van der Waals surface area contributed by atoms with Crippen molar-refractivity contribution in [1.29, 1.82) is 0 Å². The third-order valence-corrected chi connectivity index (χ3v) is 4.46. The van der Waals surface area contributed by atoms with E-state index >= 15 is 0 Å². The van der Waals surface area contributed by atoms with Crippen LogP contribution in [0, 0.1) is 0 Å². The molecule has 0 radical (unpaired) electrons. The van der Waals surface area contributed by atoms with Gasteiger partial charge in [-0.3, -0.25) is 0 Å². The molecule has 100 valence electrons. The van der Waals surface area contributed by atoms with Crippen LogP contribution in [0.4, 0.5) is 5.69 Å². The highest BCUT2D eigenvalue weighted by Crippen LogP contribution is 2.32. The van der Waals surface area contributed by atoms with Crippen molar-refractivity contribution in [2.45, 2.75) is 13.0 Å². The summed E-state index contributed by atoms with van der Waals surface area (Å²) in [5.41, 5.74) is 1.98. The number of rotatable bonds is 3. The first-order valence-electron chi connectivity index (χ1n) is 5.64. The standard InChI is InChI=1S/C14H11Br2Cl2N/c1-8(11-7-10(17)3-4-13(11)18)19-14-5-2-9(15)6-12(14)16/h2-8,19H,1H3. The Kier molecular flexibility index (Phi) is 5.18. The molecule has 2 aromatic rings. The highest BCUT2D eigenvalue weighted by atomic mass is 79.9. The van der Waals surface area contributed by atoms with E-state index in [1.807, 2.05) is 37.3 Å². The molecule has 0 aliphatic heterocycles. The summed E-state index contributed by atoms with van der Waals surface area (Å²) in [6.45, 7) is 2.05. The zero-order chi connectivity index (χ0) is 14.0. The van der Waals surface area contributed by atoms with Gasteiger partial charge in [0, 0.05) is 24.7 Å². The number of halogens is 4. The summed E-state index contributed by atoms with van der Waals surface area (Å²) in [6, 6.07) is 11.5. The van der Waals surface area contributed by atoms with Gasteiger partial charge >= 0.3 is 0 Å². The maximum atomic E-state index is 6.20. The van der Waals surface area contributed by atoms with Gasteiger partial charge in [-0.05, 0) is 64.8 Å². The second-order valence-corrected chi connectivity index (χ2v) is 6.77. The fourth-order valence-corrected chi connectivity index (χ4v) is 3.39. The number of hydrogen-bond donors (Lipinski definition) is 1. The Balaban J connectivity index is 2.25. The molecular weight excluding hydrogens is 413 g/mol. The van der Waals surface area contributed by atoms with Crippen LogP contribution in [-0.4, -0.2) is 0 Å². The second kappa shape index (κ2) is 6.49. The van der Waals surface area contributed by atoms with Crippen LogP contribution < -0.4 is 5.32 Å². The number of benzene rings is 2. The predicted molar refractivity (Wildman–Crippen MR) is 90.3 cm³/mol. The normalized spacial score (nSPS) is 12.3. The monoisotopic (exact) mass is 421 g/mol. The fourth-order valence-electron chi connectivity index (χ4n) is 1.76. The molecule has 2 aromatic carbocycles. The lowest BCUT2D eigenvalue weighted by Crippen LogP contribution is -2.07. The fraction of sp³-hybridized carbons (Fsp3) is 0.143. The molecule has 5 heteroatoms. The molecule has 1 N–H and O–H groups in total. The zero-order valence-electron chi connectivity index (χ0n) is 10.1. The molecule has 0 bridgehead atoms. The molecule has 2 rings (SSSR count). The molecule has 0 saturated carbocycles. The molecule has 0 aliphatic rings. The van der Waals surface area contributed by atoms with E-state index in [2.05, 4.69) is 37.2 Å². The average Bonchev–Trinajstić information content (AvgIpc) is 2.35. The van der Waals surface area contributed by atoms with Crippen LogP contribution in [0.15, 0.2) is 45.3 Å².